The van der Waals surface area contributed by atoms with Crippen molar-refractivity contribution in [3.05, 3.63) is 39.2 Å². The van der Waals surface area contributed by atoms with E-state index < -0.39 is 5.63 Å². The maximum absolute atomic E-state index is 12.4. The lowest BCUT2D eigenvalue weighted by Gasteiger charge is -2.16. The van der Waals surface area contributed by atoms with Crippen LogP contribution in [0.2, 0.25) is 0 Å². The summed E-state index contributed by atoms with van der Waals surface area (Å²) < 4.78 is 10.9. The summed E-state index contributed by atoms with van der Waals surface area (Å²) in [5.41, 5.74) is 2.21. The van der Waals surface area contributed by atoms with Gasteiger partial charge in [0, 0.05) is 13.1 Å². The first kappa shape index (κ1) is 15.6. The summed E-state index contributed by atoms with van der Waals surface area (Å²) in [5, 5.41) is 0.766. The smallest absolute Gasteiger partial charge is 0.340 e. The molecule has 0 atom stereocenters. The summed E-state index contributed by atoms with van der Waals surface area (Å²) in [4.78, 5) is 26.5. The standard InChI is InChI=1S/C18H21NO4/c1-11-8-14(22-3)17-12(2)13(18(21)23-15(17)9-11)10-16(20)19-6-4-5-7-19/h8-9H,4-7,10H2,1-3H3. The lowest BCUT2D eigenvalue weighted by molar-refractivity contribution is -0.129. The van der Waals surface area contributed by atoms with Gasteiger partial charge in [-0.1, -0.05) is 0 Å². The predicted octanol–water partition coefficient (Wildman–Crippen LogP) is 2.58. The van der Waals surface area contributed by atoms with Crippen LogP contribution in [0.1, 0.15) is 29.5 Å². The van der Waals surface area contributed by atoms with E-state index in [4.69, 9.17) is 9.15 Å². The van der Waals surface area contributed by atoms with Crippen LogP contribution in [-0.2, 0) is 11.2 Å². The molecule has 0 radical (unpaired) electrons. The molecular formula is C18H21NO4. The van der Waals surface area contributed by atoms with Crippen LogP contribution >= 0.6 is 0 Å². The number of nitrogens with zero attached hydrogens (tertiary/aromatic N) is 1. The minimum atomic E-state index is -0.435. The fraction of sp³-hybridized carbons (Fsp3) is 0.444. The van der Waals surface area contributed by atoms with Gasteiger partial charge in [0.15, 0.2) is 0 Å². The minimum absolute atomic E-state index is 0.0108. The Morgan fingerprint density at radius 3 is 2.61 bits per heavy atom. The second-order valence-electron chi connectivity index (χ2n) is 6.10. The van der Waals surface area contributed by atoms with Gasteiger partial charge in [-0.3, -0.25) is 4.79 Å². The van der Waals surface area contributed by atoms with E-state index in [0.717, 1.165) is 42.4 Å². The zero-order chi connectivity index (χ0) is 16.6. The van der Waals surface area contributed by atoms with Crippen LogP contribution in [0.15, 0.2) is 21.3 Å². The third-order valence-corrected chi connectivity index (χ3v) is 4.49. The lowest BCUT2D eigenvalue weighted by atomic mass is 10.0. The molecule has 2 aromatic rings. The molecule has 1 saturated heterocycles. The molecule has 3 rings (SSSR count). The van der Waals surface area contributed by atoms with Crippen molar-refractivity contribution in [2.75, 3.05) is 20.2 Å². The quantitative estimate of drug-likeness (QED) is 0.817. The third kappa shape index (κ3) is 2.83. The normalized spacial score (nSPS) is 14.5. The Morgan fingerprint density at radius 2 is 1.96 bits per heavy atom. The first-order chi connectivity index (χ1) is 11.0. The number of carbonyl (C=O) groups excluding carboxylic acids is 1. The number of rotatable bonds is 3. The fourth-order valence-corrected chi connectivity index (χ4v) is 3.23. The predicted molar refractivity (Wildman–Crippen MR) is 88.0 cm³/mol. The average Bonchev–Trinajstić information content (AvgIpc) is 3.04. The highest BCUT2D eigenvalue weighted by Gasteiger charge is 2.22. The second-order valence-corrected chi connectivity index (χ2v) is 6.10. The van der Waals surface area contributed by atoms with E-state index in [-0.39, 0.29) is 12.3 Å². The van der Waals surface area contributed by atoms with E-state index in [9.17, 15) is 9.59 Å². The summed E-state index contributed by atoms with van der Waals surface area (Å²) >= 11 is 0. The molecule has 1 aromatic heterocycles. The van der Waals surface area contributed by atoms with Crippen LogP contribution in [0.5, 0.6) is 5.75 Å². The van der Waals surface area contributed by atoms with E-state index in [1.807, 2.05) is 30.9 Å². The molecule has 1 amide bonds. The van der Waals surface area contributed by atoms with Crippen molar-refractivity contribution in [1.82, 2.24) is 4.90 Å². The van der Waals surface area contributed by atoms with Gasteiger partial charge in [0.05, 0.1) is 24.5 Å². The van der Waals surface area contributed by atoms with Crippen LogP contribution in [0, 0.1) is 13.8 Å². The number of fused-ring (bicyclic) bond motifs is 1. The number of benzene rings is 1. The van der Waals surface area contributed by atoms with Crippen LogP contribution in [0.25, 0.3) is 11.0 Å². The first-order valence-corrected chi connectivity index (χ1v) is 7.90. The van der Waals surface area contributed by atoms with Crippen molar-refractivity contribution in [2.45, 2.75) is 33.1 Å². The van der Waals surface area contributed by atoms with Crippen LogP contribution < -0.4 is 10.4 Å². The maximum atomic E-state index is 12.4. The van der Waals surface area contributed by atoms with Gasteiger partial charge < -0.3 is 14.1 Å². The minimum Gasteiger partial charge on any atom is -0.496 e. The molecule has 23 heavy (non-hydrogen) atoms. The molecule has 1 aliphatic heterocycles. The van der Waals surface area contributed by atoms with Gasteiger partial charge in [-0.25, -0.2) is 4.79 Å². The lowest BCUT2D eigenvalue weighted by Crippen LogP contribution is -2.31. The maximum Gasteiger partial charge on any atom is 0.340 e. The van der Waals surface area contributed by atoms with Crippen LogP contribution in [-0.4, -0.2) is 31.0 Å². The van der Waals surface area contributed by atoms with E-state index in [2.05, 4.69) is 0 Å². The molecular weight excluding hydrogens is 294 g/mol. The molecule has 1 fully saturated rings. The van der Waals surface area contributed by atoms with Crippen LogP contribution in [0.3, 0.4) is 0 Å². The first-order valence-electron chi connectivity index (χ1n) is 7.90. The monoisotopic (exact) mass is 315 g/mol. The fourth-order valence-electron chi connectivity index (χ4n) is 3.23. The topological polar surface area (TPSA) is 59.8 Å². The number of ether oxygens (including phenoxy) is 1. The molecule has 0 spiro atoms. The summed E-state index contributed by atoms with van der Waals surface area (Å²) in [7, 11) is 1.59. The molecule has 5 nitrogen and oxygen atoms in total. The van der Waals surface area contributed by atoms with Crippen molar-refractivity contribution < 1.29 is 13.9 Å². The van der Waals surface area contributed by atoms with Crippen molar-refractivity contribution in [3.8, 4) is 5.75 Å². The zero-order valence-corrected chi connectivity index (χ0v) is 13.8. The Balaban J connectivity index is 2.08. The van der Waals surface area contributed by atoms with Crippen LogP contribution in [0.4, 0.5) is 0 Å². The van der Waals surface area contributed by atoms with Gasteiger partial charge in [0.2, 0.25) is 5.91 Å². The van der Waals surface area contributed by atoms with E-state index in [0.29, 0.717) is 16.9 Å². The van der Waals surface area contributed by atoms with E-state index in [1.54, 1.807) is 7.11 Å². The number of carbonyl (C=O) groups is 1. The van der Waals surface area contributed by atoms with Crippen molar-refractivity contribution in [1.29, 1.82) is 0 Å². The van der Waals surface area contributed by atoms with Gasteiger partial charge in [0.1, 0.15) is 11.3 Å². The molecule has 0 aliphatic carbocycles. The number of likely N-dealkylation sites (tertiary alicyclic amines) is 1. The van der Waals surface area contributed by atoms with Crippen molar-refractivity contribution >= 4 is 16.9 Å². The summed E-state index contributed by atoms with van der Waals surface area (Å²) in [6.45, 7) is 5.32. The molecule has 5 heteroatoms. The Hall–Kier alpha value is -2.30. The summed E-state index contributed by atoms with van der Waals surface area (Å²) in [6, 6.07) is 3.72. The molecule has 1 aliphatic rings. The summed E-state index contributed by atoms with van der Waals surface area (Å²) in [5.74, 6) is 0.652. The number of hydrogen-bond donors (Lipinski definition) is 0. The second kappa shape index (κ2) is 6.07. The highest BCUT2D eigenvalue weighted by molar-refractivity contribution is 5.89. The Bertz CT molecular complexity index is 816. The van der Waals surface area contributed by atoms with Crippen molar-refractivity contribution in [2.24, 2.45) is 0 Å². The van der Waals surface area contributed by atoms with Gasteiger partial charge in [-0.05, 0) is 49.9 Å². The van der Waals surface area contributed by atoms with Gasteiger partial charge in [-0.15, -0.1) is 0 Å². The van der Waals surface area contributed by atoms with Gasteiger partial charge >= 0.3 is 5.63 Å². The van der Waals surface area contributed by atoms with Gasteiger partial charge in [0.25, 0.3) is 0 Å². The van der Waals surface area contributed by atoms with E-state index in [1.165, 1.54) is 0 Å². The SMILES string of the molecule is COc1cc(C)cc2oc(=O)c(CC(=O)N3CCCC3)c(C)c12. The highest BCUT2D eigenvalue weighted by atomic mass is 16.5. The Morgan fingerprint density at radius 1 is 1.26 bits per heavy atom. The Labute approximate surface area is 134 Å². The summed E-state index contributed by atoms with van der Waals surface area (Å²) in [6.07, 6.45) is 2.15. The molecule has 0 bridgehead atoms. The average molecular weight is 315 g/mol. The third-order valence-electron chi connectivity index (χ3n) is 4.49. The number of hydrogen-bond acceptors (Lipinski definition) is 4. The molecule has 0 unspecified atom stereocenters. The molecule has 0 saturated carbocycles. The number of amides is 1. The molecule has 0 N–H and O–H groups in total. The Kier molecular flexibility index (Phi) is 4.11. The van der Waals surface area contributed by atoms with E-state index >= 15 is 0 Å². The van der Waals surface area contributed by atoms with Crippen molar-refractivity contribution in [3.63, 3.8) is 0 Å². The molecule has 1 aromatic carbocycles. The largest absolute Gasteiger partial charge is 0.496 e. The number of methoxy groups -OCH3 is 1. The zero-order valence-electron chi connectivity index (χ0n) is 13.8. The highest BCUT2D eigenvalue weighted by Crippen LogP contribution is 2.31. The number of aryl methyl sites for hydroxylation is 2. The van der Waals surface area contributed by atoms with Gasteiger partial charge in [-0.2, -0.15) is 0 Å². The molecule has 2 heterocycles. The molecule has 122 valence electrons.